The summed E-state index contributed by atoms with van der Waals surface area (Å²) in [7, 11) is 1.63. The first-order valence-corrected chi connectivity index (χ1v) is 5.27. The Labute approximate surface area is 89.4 Å². The van der Waals surface area contributed by atoms with Gasteiger partial charge in [-0.3, -0.25) is 14.5 Å². The van der Waals surface area contributed by atoms with Crippen molar-refractivity contribution in [1.82, 2.24) is 10.2 Å². The summed E-state index contributed by atoms with van der Waals surface area (Å²) in [6.45, 7) is 0.0564. The van der Waals surface area contributed by atoms with Crippen LogP contribution in [0, 0.1) is 0 Å². The predicted octanol–water partition coefficient (Wildman–Crippen LogP) is 0.0616. The van der Waals surface area contributed by atoms with Crippen LogP contribution in [0.2, 0.25) is 0 Å². The molecule has 0 unspecified atom stereocenters. The lowest BCUT2D eigenvalue weighted by Crippen LogP contribution is -2.41. The van der Waals surface area contributed by atoms with Crippen molar-refractivity contribution in [2.45, 2.75) is 31.7 Å². The van der Waals surface area contributed by atoms with Crippen LogP contribution in [0.15, 0.2) is 0 Å². The lowest BCUT2D eigenvalue weighted by molar-refractivity contribution is -0.138. The maximum Gasteiger partial charge on any atom is 0.317 e. The first kappa shape index (κ1) is 12.0. The highest BCUT2D eigenvalue weighted by atomic mass is 16.4. The summed E-state index contributed by atoms with van der Waals surface area (Å²) in [5.41, 5.74) is 0. The summed E-state index contributed by atoms with van der Waals surface area (Å²) < 4.78 is 0. The molecule has 0 aromatic heterocycles. The monoisotopic (exact) mass is 214 g/mol. The smallest absolute Gasteiger partial charge is 0.317 e. The fourth-order valence-corrected chi connectivity index (χ4v) is 1.88. The lowest BCUT2D eigenvalue weighted by Gasteiger charge is -2.16. The molecule has 0 aromatic carbocycles. The number of hydrogen-bond acceptors (Lipinski definition) is 3. The van der Waals surface area contributed by atoms with Crippen LogP contribution in [0.3, 0.4) is 0 Å². The summed E-state index contributed by atoms with van der Waals surface area (Å²) in [6, 6.07) is 0.302. The Balaban J connectivity index is 2.19. The molecular weight excluding hydrogens is 196 g/mol. The molecule has 2 N–H and O–H groups in total. The molecule has 1 fully saturated rings. The third-order valence-electron chi connectivity index (χ3n) is 2.54. The molecule has 0 saturated heterocycles. The molecule has 0 bridgehead atoms. The van der Waals surface area contributed by atoms with Gasteiger partial charge in [0.2, 0.25) is 5.91 Å². The maximum absolute atomic E-state index is 11.4. The number of nitrogens with one attached hydrogen (secondary N) is 1. The van der Waals surface area contributed by atoms with Gasteiger partial charge in [0.15, 0.2) is 0 Å². The second-order valence-electron chi connectivity index (χ2n) is 4.11. The number of nitrogens with zero attached hydrogens (tertiary/aromatic N) is 1. The van der Waals surface area contributed by atoms with Crippen LogP contribution in [-0.4, -0.2) is 48.1 Å². The average Bonchev–Trinajstić information content (AvgIpc) is 2.53. The number of carboxylic acids is 1. The van der Waals surface area contributed by atoms with E-state index in [2.05, 4.69) is 5.32 Å². The summed E-state index contributed by atoms with van der Waals surface area (Å²) in [6.07, 6.45) is 4.45. The molecule has 5 heteroatoms. The lowest BCUT2D eigenvalue weighted by atomic mass is 10.2. The Morgan fingerprint density at radius 2 is 1.93 bits per heavy atom. The number of carbonyl (C=O) groups is 2. The molecule has 0 radical (unpaired) electrons. The molecule has 1 amide bonds. The molecule has 0 aliphatic heterocycles. The van der Waals surface area contributed by atoms with Crippen LogP contribution < -0.4 is 5.32 Å². The molecule has 86 valence electrons. The second kappa shape index (κ2) is 5.70. The van der Waals surface area contributed by atoms with Crippen LogP contribution in [0.5, 0.6) is 0 Å². The number of aliphatic carboxylic acids is 1. The average molecular weight is 214 g/mol. The quantitative estimate of drug-likeness (QED) is 0.679. The summed E-state index contributed by atoms with van der Waals surface area (Å²) in [5, 5.41) is 11.4. The van der Waals surface area contributed by atoms with E-state index in [1.807, 2.05) is 0 Å². The Morgan fingerprint density at radius 3 is 2.47 bits per heavy atom. The van der Waals surface area contributed by atoms with Crippen LogP contribution >= 0.6 is 0 Å². The van der Waals surface area contributed by atoms with Gasteiger partial charge in [-0.15, -0.1) is 0 Å². The van der Waals surface area contributed by atoms with Gasteiger partial charge in [-0.2, -0.15) is 0 Å². The van der Waals surface area contributed by atoms with Crippen molar-refractivity contribution in [3.63, 3.8) is 0 Å². The Kier molecular flexibility index (Phi) is 4.55. The van der Waals surface area contributed by atoms with Crippen molar-refractivity contribution in [3.8, 4) is 0 Å². The van der Waals surface area contributed by atoms with E-state index in [1.54, 1.807) is 7.05 Å². The van der Waals surface area contributed by atoms with Gasteiger partial charge >= 0.3 is 5.97 Å². The van der Waals surface area contributed by atoms with Crippen LogP contribution in [-0.2, 0) is 9.59 Å². The predicted molar refractivity (Wildman–Crippen MR) is 55.5 cm³/mol. The van der Waals surface area contributed by atoms with E-state index in [0.29, 0.717) is 6.04 Å². The van der Waals surface area contributed by atoms with E-state index < -0.39 is 5.97 Å². The van der Waals surface area contributed by atoms with Crippen molar-refractivity contribution < 1.29 is 14.7 Å². The first-order valence-electron chi connectivity index (χ1n) is 5.27. The summed E-state index contributed by atoms with van der Waals surface area (Å²) in [4.78, 5) is 23.3. The van der Waals surface area contributed by atoms with Crippen molar-refractivity contribution in [2.75, 3.05) is 20.1 Å². The molecule has 15 heavy (non-hydrogen) atoms. The fraction of sp³-hybridized carbons (Fsp3) is 0.800. The maximum atomic E-state index is 11.4. The standard InChI is InChI=1S/C10H18N2O3/c1-12(7-10(14)15)6-9(13)11-8-4-2-3-5-8/h8H,2-7H2,1H3,(H,11,13)(H,14,15). The van der Waals surface area contributed by atoms with Crippen molar-refractivity contribution in [3.05, 3.63) is 0 Å². The third-order valence-corrected chi connectivity index (χ3v) is 2.54. The first-order chi connectivity index (χ1) is 7.08. The van der Waals surface area contributed by atoms with E-state index in [0.717, 1.165) is 12.8 Å². The van der Waals surface area contributed by atoms with Crippen LogP contribution in [0.1, 0.15) is 25.7 Å². The fourth-order valence-electron chi connectivity index (χ4n) is 1.88. The van der Waals surface area contributed by atoms with Gasteiger partial charge in [-0.05, 0) is 19.9 Å². The van der Waals surface area contributed by atoms with E-state index in [-0.39, 0.29) is 19.0 Å². The highest BCUT2D eigenvalue weighted by Gasteiger charge is 2.18. The van der Waals surface area contributed by atoms with Gasteiger partial charge < -0.3 is 10.4 Å². The minimum atomic E-state index is -0.911. The van der Waals surface area contributed by atoms with Gasteiger partial charge in [0.1, 0.15) is 0 Å². The minimum absolute atomic E-state index is 0.0781. The molecular formula is C10H18N2O3. The number of hydrogen-bond donors (Lipinski definition) is 2. The topological polar surface area (TPSA) is 69.6 Å². The van der Waals surface area contributed by atoms with E-state index in [1.165, 1.54) is 17.7 Å². The molecule has 5 nitrogen and oxygen atoms in total. The van der Waals surface area contributed by atoms with E-state index in [4.69, 9.17) is 5.11 Å². The van der Waals surface area contributed by atoms with Gasteiger partial charge in [0.05, 0.1) is 13.1 Å². The Morgan fingerprint density at radius 1 is 1.33 bits per heavy atom. The van der Waals surface area contributed by atoms with E-state index in [9.17, 15) is 9.59 Å². The number of amides is 1. The molecule has 1 saturated carbocycles. The Bertz CT molecular complexity index is 237. The second-order valence-corrected chi connectivity index (χ2v) is 4.11. The molecule has 1 aliphatic carbocycles. The van der Waals surface area contributed by atoms with E-state index >= 15 is 0 Å². The zero-order chi connectivity index (χ0) is 11.3. The number of carboxylic acid groups (broad SMARTS) is 1. The highest BCUT2D eigenvalue weighted by molar-refractivity contribution is 5.79. The number of likely N-dealkylation sites (N-methyl/N-ethyl adjacent to an activating group) is 1. The summed E-state index contributed by atoms with van der Waals surface area (Å²) >= 11 is 0. The molecule has 0 heterocycles. The van der Waals surface area contributed by atoms with Crippen molar-refractivity contribution in [2.24, 2.45) is 0 Å². The van der Waals surface area contributed by atoms with Gasteiger partial charge in [0.25, 0.3) is 0 Å². The molecule has 0 aromatic rings. The third kappa shape index (κ3) is 4.78. The van der Waals surface area contributed by atoms with Crippen molar-refractivity contribution in [1.29, 1.82) is 0 Å². The normalized spacial score (nSPS) is 16.9. The SMILES string of the molecule is CN(CC(=O)O)CC(=O)NC1CCCC1. The van der Waals surface area contributed by atoms with Crippen molar-refractivity contribution >= 4 is 11.9 Å². The minimum Gasteiger partial charge on any atom is -0.480 e. The van der Waals surface area contributed by atoms with Gasteiger partial charge in [-0.25, -0.2) is 0 Å². The zero-order valence-corrected chi connectivity index (χ0v) is 9.03. The van der Waals surface area contributed by atoms with Crippen LogP contribution in [0.4, 0.5) is 0 Å². The number of carbonyl (C=O) groups excluding carboxylic acids is 1. The molecule has 0 spiro atoms. The molecule has 0 atom stereocenters. The molecule has 1 aliphatic rings. The van der Waals surface area contributed by atoms with Gasteiger partial charge in [0, 0.05) is 6.04 Å². The number of rotatable bonds is 5. The Hall–Kier alpha value is -1.10. The van der Waals surface area contributed by atoms with Crippen LogP contribution in [0.25, 0.3) is 0 Å². The zero-order valence-electron chi connectivity index (χ0n) is 9.03. The summed E-state index contributed by atoms with van der Waals surface area (Å²) in [5.74, 6) is -0.989. The molecule has 1 rings (SSSR count). The largest absolute Gasteiger partial charge is 0.480 e. The van der Waals surface area contributed by atoms with Gasteiger partial charge in [-0.1, -0.05) is 12.8 Å². The highest BCUT2D eigenvalue weighted by Crippen LogP contribution is 2.17.